The topological polar surface area (TPSA) is 73.9 Å². The summed E-state index contributed by atoms with van der Waals surface area (Å²) in [5.41, 5.74) is 0.942. The minimum Gasteiger partial charge on any atom is -0.454 e. The lowest BCUT2D eigenvalue weighted by molar-refractivity contribution is -0.123. The van der Waals surface area contributed by atoms with Crippen molar-refractivity contribution in [1.29, 1.82) is 0 Å². The molecule has 118 valence electrons. The molecule has 0 radical (unpaired) electrons. The van der Waals surface area contributed by atoms with Crippen LogP contribution in [0.1, 0.15) is 17.3 Å². The number of rotatable bonds is 4. The van der Waals surface area contributed by atoms with Crippen molar-refractivity contribution >= 4 is 17.6 Å². The Bertz CT molecular complexity index is 729. The van der Waals surface area contributed by atoms with Gasteiger partial charge in [0, 0.05) is 11.8 Å². The number of nitrogens with one attached hydrogen (secondary N) is 1. The van der Waals surface area contributed by atoms with E-state index in [2.05, 4.69) is 5.32 Å². The lowest BCUT2D eigenvalue weighted by Gasteiger charge is -2.13. The molecular weight excluding hydrogens is 298 g/mol. The maximum atomic E-state index is 12.1. The van der Waals surface area contributed by atoms with Crippen molar-refractivity contribution in [3.05, 3.63) is 54.1 Å². The molecule has 1 heterocycles. The van der Waals surface area contributed by atoms with Gasteiger partial charge in [-0.2, -0.15) is 0 Å². The summed E-state index contributed by atoms with van der Waals surface area (Å²) in [6, 6.07) is 13.6. The molecule has 0 bridgehead atoms. The molecule has 0 aliphatic carbocycles. The molecule has 0 spiro atoms. The number of hydrogen-bond acceptors (Lipinski definition) is 5. The van der Waals surface area contributed by atoms with Crippen LogP contribution in [0, 0.1) is 0 Å². The number of carbonyl (C=O) groups excluding carboxylic acids is 2. The maximum Gasteiger partial charge on any atom is 0.338 e. The van der Waals surface area contributed by atoms with Crippen LogP contribution >= 0.6 is 0 Å². The van der Waals surface area contributed by atoms with E-state index in [1.54, 1.807) is 48.5 Å². The van der Waals surface area contributed by atoms with E-state index in [0.717, 1.165) is 0 Å². The van der Waals surface area contributed by atoms with E-state index in [1.807, 2.05) is 0 Å². The predicted octanol–water partition coefficient (Wildman–Crippen LogP) is 2.60. The summed E-state index contributed by atoms with van der Waals surface area (Å²) in [4.78, 5) is 24.0. The van der Waals surface area contributed by atoms with E-state index in [0.29, 0.717) is 22.7 Å². The molecular formula is C17H15NO5. The molecule has 23 heavy (non-hydrogen) atoms. The third-order valence-electron chi connectivity index (χ3n) is 3.30. The first kappa shape index (κ1) is 14.9. The van der Waals surface area contributed by atoms with E-state index in [9.17, 15) is 9.59 Å². The molecule has 1 aliphatic rings. The number of fused-ring (bicyclic) bond motifs is 1. The van der Waals surface area contributed by atoms with Gasteiger partial charge in [-0.1, -0.05) is 18.2 Å². The van der Waals surface area contributed by atoms with Gasteiger partial charge in [0.1, 0.15) is 0 Å². The summed E-state index contributed by atoms with van der Waals surface area (Å²) >= 11 is 0. The van der Waals surface area contributed by atoms with Gasteiger partial charge >= 0.3 is 5.97 Å². The average molecular weight is 313 g/mol. The third kappa shape index (κ3) is 3.42. The number of ether oxygens (including phenoxy) is 3. The second-order valence-electron chi connectivity index (χ2n) is 4.97. The molecule has 1 atom stereocenters. The van der Waals surface area contributed by atoms with Gasteiger partial charge in [0.05, 0.1) is 5.56 Å². The van der Waals surface area contributed by atoms with Crippen LogP contribution in [0.15, 0.2) is 48.5 Å². The van der Waals surface area contributed by atoms with E-state index >= 15 is 0 Å². The fourth-order valence-corrected chi connectivity index (χ4v) is 2.07. The lowest BCUT2D eigenvalue weighted by Crippen LogP contribution is -2.29. The largest absolute Gasteiger partial charge is 0.454 e. The zero-order valence-corrected chi connectivity index (χ0v) is 12.4. The molecule has 2 aromatic rings. The number of esters is 1. The van der Waals surface area contributed by atoms with Crippen LogP contribution in [0.5, 0.6) is 11.5 Å². The van der Waals surface area contributed by atoms with Crippen molar-refractivity contribution in [2.24, 2.45) is 0 Å². The molecule has 1 aliphatic heterocycles. The van der Waals surface area contributed by atoms with Crippen LogP contribution in [0.25, 0.3) is 0 Å². The molecule has 2 aromatic carbocycles. The molecule has 6 nitrogen and oxygen atoms in total. The Morgan fingerprint density at radius 2 is 1.83 bits per heavy atom. The van der Waals surface area contributed by atoms with Crippen molar-refractivity contribution in [2.45, 2.75) is 13.0 Å². The smallest absolute Gasteiger partial charge is 0.338 e. The summed E-state index contributed by atoms with van der Waals surface area (Å²) in [7, 11) is 0. The fraction of sp³-hybridized carbons (Fsp3) is 0.176. The van der Waals surface area contributed by atoms with Crippen LogP contribution in [0.3, 0.4) is 0 Å². The first-order valence-electron chi connectivity index (χ1n) is 7.10. The lowest BCUT2D eigenvalue weighted by atomic mass is 10.2. The van der Waals surface area contributed by atoms with Gasteiger partial charge in [-0.05, 0) is 31.2 Å². The highest BCUT2D eigenvalue weighted by Gasteiger charge is 2.20. The summed E-state index contributed by atoms with van der Waals surface area (Å²) in [6.45, 7) is 1.68. The van der Waals surface area contributed by atoms with Gasteiger partial charge in [-0.15, -0.1) is 0 Å². The van der Waals surface area contributed by atoms with Crippen LogP contribution in [-0.4, -0.2) is 24.8 Å². The number of hydrogen-bond donors (Lipinski definition) is 1. The molecule has 6 heteroatoms. The molecule has 1 N–H and O–H groups in total. The minimum absolute atomic E-state index is 0.165. The Hall–Kier alpha value is -3.02. The molecule has 0 fully saturated rings. The van der Waals surface area contributed by atoms with Gasteiger partial charge in [0.25, 0.3) is 5.91 Å². The number of amides is 1. The van der Waals surface area contributed by atoms with Crippen LogP contribution in [0.2, 0.25) is 0 Å². The Morgan fingerprint density at radius 1 is 1.09 bits per heavy atom. The third-order valence-corrected chi connectivity index (χ3v) is 3.30. The van der Waals surface area contributed by atoms with Crippen molar-refractivity contribution in [2.75, 3.05) is 12.1 Å². The number of carbonyl (C=O) groups is 2. The summed E-state index contributed by atoms with van der Waals surface area (Å²) in [6.07, 6.45) is -0.923. The Labute approximate surface area is 133 Å². The second-order valence-corrected chi connectivity index (χ2v) is 4.97. The average Bonchev–Trinajstić information content (AvgIpc) is 3.03. The van der Waals surface area contributed by atoms with Crippen molar-refractivity contribution in [3.63, 3.8) is 0 Å². The van der Waals surface area contributed by atoms with Crippen LogP contribution in [-0.2, 0) is 9.53 Å². The molecule has 3 rings (SSSR count). The van der Waals surface area contributed by atoms with E-state index in [4.69, 9.17) is 14.2 Å². The number of benzene rings is 2. The summed E-state index contributed by atoms with van der Waals surface area (Å²) in [5.74, 6) is 0.232. The Balaban J connectivity index is 1.60. The highest BCUT2D eigenvalue weighted by atomic mass is 16.7. The molecule has 0 unspecified atom stereocenters. The molecule has 0 saturated heterocycles. The SMILES string of the molecule is C[C@@H](OC(=O)c1ccccc1)C(=O)Nc1ccc2c(c1)OCO2. The van der Waals surface area contributed by atoms with Gasteiger partial charge in [-0.3, -0.25) is 4.79 Å². The predicted molar refractivity (Wildman–Crippen MR) is 82.5 cm³/mol. The first-order valence-corrected chi connectivity index (χ1v) is 7.10. The fourth-order valence-electron chi connectivity index (χ4n) is 2.07. The van der Waals surface area contributed by atoms with Gasteiger partial charge in [0.15, 0.2) is 17.6 Å². The van der Waals surface area contributed by atoms with Gasteiger partial charge in [-0.25, -0.2) is 4.79 Å². The highest BCUT2D eigenvalue weighted by molar-refractivity contribution is 5.97. The standard InChI is InChI=1S/C17H15NO5/c1-11(23-17(20)12-5-3-2-4-6-12)16(19)18-13-7-8-14-15(9-13)22-10-21-14/h2-9,11H,10H2,1H3,(H,18,19)/t11-/m1/s1. The Kier molecular flexibility index (Phi) is 4.14. The van der Waals surface area contributed by atoms with E-state index in [1.165, 1.54) is 6.92 Å². The Morgan fingerprint density at radius 3 is 2.61 bits per heavy atom. The molecule has 1 amide bonds. The van der Waals surface area contributed by atoms with Gasteiger partial charge in [0.2, 0.25) is 6.79 Å². The van der Waals surface area contributed by atoms with Crippen molar-refractivity contribution in [1.82, 2.24) is 0 Å². The first-order chi connectivity index (χ1) is 11.1. The van der Waals surface area contributed by atoms with E-state index in [-0.39, 0.29) is 6.79 Å². The van der Waals surface area contributed by atoms with Crippen molar-refractivity contribution < 1.29 is 23.8 Å². The van der Waals surface area contributed by atoms with E-state index < -0.39 is 18.0 Å². The van der Waals surface area contributed by atoms with Crippen LogP contribution in [0.4, 0.5) is 5.69 Å². The monoisotopic (exact) mass is 313 g/mol. The zero-order chi connectivity index (χ0) is 16.2. The molecule has 0 saturated carbocycles. The summed E-state index contributed by atoms with van der Waals surface area (Å²) in [5, 5.41) is 2.68. The normalized spacial score (nSPS) is 13.3. The van der Waals surface area contributed by atoms with Crippen LogP contribution < -0.4 is 14.8 Å². The minimum atomic E-state index is -0.923. The zero-order valence-electron chi connectivity index (χ0n) is 12.4. The second kappa shape index (κ2) is 6.39. The van der Waals surface area contributed by atoms with Gasteiger partial charge < -0.3 is 19.5 Å². The molecule has 0 aromatic heterocycles. The quantitative estimate of drug-likeness (QED) is 0.878. The highest BCUT2D eigenvalue weighted by Crippen LogP contribution is 2.34. The summed E-state index contributed by atoms with van der Waals surface area (Å²) < 4.78 is 15.6. The maximum absolute atomic E-state index is 12.1. The number of anilines is 1. The van der Waals surface area contributed by atoms with Crippen molar-refractivity contribution in [3.8, 4) is 11.5 Å².